The maximum absolute atomic E-state index is 11.4. The zero-order chi connectivity index (χ0) is 13.3. The Morgan fingerprint density at radius 2 is 1.94 bits per heavy atom. The molecule has 0 amide bonds. The van der Waals surface area contributed by atoms with E-state index in [2.05, 4.69) is 0 Å². The van der Waals surface area contributed by atoms with E-state index in [9.17, 15) is 8.42 Å². The molecule has 1 atom stereocenters. The molecule has 1 heterocycles. The predicted octanol–water partition coefficient (Wildman–Crippen LogP) is 2.40. The molecule has 1 saturated heterocycles. The Labute approximate surface area is 111 Å². The van der Waals surface area contributed by atoms with Crippen molar-refractivity contribution in [2.45, 2.75) is 31.3 Å². The van der Waals surface area contributed by atoms with Crippen molar-refractivity contribution in [3.8, 4) is 5.75 Å². The van der Waals surface area contributed by atoms with Crippen LogP contribution in [0.25, 0.3) is 0 Å². The molecule has 6 heteroatoms. The van der Waals surface area contributed by atoms with Gasteiger partial charge < -0.3 is 9.47 Å². The minimum Gasteiger partial charge on any atom is -0.488 e. The largest absolute Gasteiger partial charge is 0.488 e. The Bertz CT molecular complexity index is 524. The molecule has 1 fully saturated rings. The van der Waals surface area contributed by atoms with Crippen molar-refractivity contribution in [1.82, 2.24) is 0 Å². The van der Waals surface area contributed by atoms with Crippen LogP contribution >= 0.6 is 10.7 Å². The molecule has 0 N–H and O–H groups in total. The summed E-state index contributed by atoms with van der Waals surface area (Å²) in [6, 6.07) is 3.39. The minimum atomic E-state index is -3.72. The van der Waals surface area contributed by atoms with Crippen LogP contribution in [0, 0.1) is 13.8 Å². The maximum atomic E-state index is 11.4. The van der Waals surface area contributed by atoms with Gasteiger partial charge in [-0.25, -0.2) is 8.42 Å². The van der Waals surface area contributed by atoms with Gasteiger partial charge in [-0.3, -0.25) is 0 Å². The topological polar surface area (TPSA) is 52.6 Å². The second kappa shape index (κ2) is 5.07. The maximum Gasteiger partial charge on any atom is 0.261 e. The first-order valence-corrected chi connectivity index (χ1v) is 7.99. The van der Waals surface area contributed by atoms with Crippen LogP contribution < -0.4 is 4.74 Å². The van der Waals surface area contributed by atoms with Gasteiger partial charge in [0.15, 0.2) is 0 Å². The molecule has 0 bridgehead atoms. The summed E-state index contributed by atoms with van der Waals surface area (Å²) in [6.07, 6.45) is 0.899. The smallest absolute Gasteiger partial charge is 0.261 e. The first-order chi connectivity index (χ1) is 8.38. The highest BCUT2D eigenvalue weighted by molar-refractivity contribution is 8.13. The van der Waals surface area contributed by atoms with Crippen molar-refractivity contribution in [3.05, 3.63) is 23.3 Å². The molecule has 2 rings (SSSR count). The molecule has 0 radical (unpaired) electrons. The number of benzene rings is 1. The molecule has 0 saturated carbocycles. The van der Waals surface area contributed by atoms with Gasteiger partial charge in [0.25, 0.3) is 9.05 Å². The van der Waals surface area contributed by atoms with Gasteiger partial charge in [0.1, 0.15) is 11.9 Å². The summed E-state index contributed by atoms with van der Waals surface area (Å²) >= 11 is 0. The number of halogens is 1. The van der Waals surface area contributed by atoms with Crippen LogP contribution in [0.4, 0.5) is 0 Å². The average molecular weight is 291 g/mol. The third-order valence-corrected chi connectivity index (χ3v) is 4.46. The van der Waals surface area contributed by atoms with Crippen LogP contribution in [0.3, 0.4) is 0 Å². The SMILES string of the molecule is Cc1cc(OC2CCOC2)cc(C)c1S(=O)(=O)Cl. The van der Waals surface area contributed by atoms with Gasteiger partial charge in [0.2, 0.25) is 0 Å². The molecule has 4 nitrogen and oxygen atoms in total. The van der Waals surface area contributed by atoms with Gasteiger partial charge in [-0.05, 0) is 37.1 Å². The lowest BCUT2D eigenvalue weighted by Gasteiger charge is -2.15. The molecule has 0 spiro atoms. The highest BCUT2D eigenvalue weighted by Gasteiger charge is 2.21. The van der Waals surface area contributed by atoms with E-state index in [1.807, 2.05) is 0 Å². The van der Waals surface area contributed by atoms with E-state index in [1.165, 1.54) is 0 Å². The van der Waals surface area contributed by atoms with Crippen LogP contribution in [0.5, 0.6) is 5.75 Å². The molecular weight excluding hydrogens is 276 g/mol. The normalized spacial score (nSPS) is 20.1. The lowest BCUT2D eigenvalue weighted by Crippen LogP contribution is -2.16. The summed E-state index contributed by atoms with van der Waals surface area (Å²) in [5.41, 5.74) is 1.19. The van der Waals surface area contributed by atoms with Crippen LogP contribution in [-0.4, -0.2) is 27.7 Å². The summed E-state index contributed by atoms with van der Waals surface area (Å²) in [5, 5.41) is 0. The standard InChI is InChI=1S/C12H15ClO4S/c1-8-5-11(17-10-3-4-16-7-10)6-9(2)12(8)18(13,14)15/h5-6,10H,3-4,7H2,1-2H3. The van der Waals surface area contributed by atoms with Crippen molar-refractivity contribution < 1.29 is 17.9 Å². The Hall–Kier alpha value is -0.780. The lowest BCUT2D eigenvalue weighted by molar-refractivity contribution is 0.141. The first kappa shape index (κ1) is 13.6. The summed E-state index contributed by atoms with van der Waals surface area (Å²) in [4.78, 5) is 0.166. The fraction of sp³-hybridized carbons (Fsp3) is 0.500. The molecule has 0 aromatic heterocycles. The van der Waals surface area contributed by atoms with Crippen molar-refractivity contribution >= 4 is 19.7 Å². The third kappa shape index (κ3) is 2.96. The summed E-state index contributed by atoms with van der Waals surface area (Å²) in [6.45, 7) is 4.70. The Morgan fingerprint density at radius 1 is 1.33 bits per heavy atom. The van der Waals surface area contributed by atoms with Gasteiger partial charge in [-0.15, -0.1) is 0 Å². The summed E-state index contributed by atoms with van der Waals surface area (Å²) in [7, 11) is 1.69. The van der Waals surface area contributed by atoms with E-state index in [4.69, 9.17) is 20.2 Å². The van der Waals surface area contributed by atoms with E-state index < -0.39 is 9.05 Å². The van der Waals surface area contributed by atoms with Crippen molar-refractivity contribution in [3.63, 3.8) is 0 Å². The first-order valence-electron chi connectivity index (χ1n) is 5.68. The summed E-state index contributed by atoms with van der Waals surface area (Å²) < 4.78 is 33.8. The van der Waals surface area contributed by atoms with Crippen molar-refractivity contribution in [2.75, 3.05) is 13.2 Å². The number of hydrogen-bond acceptors (Lipinski definition) is 4. The van der Waals surface area contributed by atoms with E-state index in [-0.39, 0.29) is 11.0 Å². The fourth-order valence-corrected chi connectivity index (χ4v) is 3.78. The molecule has 1 aliphatic rings. The highest BCUT2D eigenvalue weighted by atomic mass is 35.7. The highest BCUT2D eigenvalue weighted by Crippen LogP contribution is 2.29. The van der Waals surface area contributed by atoms with E-state index in [0.29, 0.717) is 30.1 Å². The van der Waals surface area contributed by atoms with Crippen molar-refractivity contribution in [2.24, 2.45) is 0 Å². The van der Waals surface area contributed by atoms with Gasteiger partial charge in [0, 0.05) is 17.1 Å². The molecule has 1 aliphatic heterocycles. The Morgan fingerprint density at radius 3 is 2.39 bits per heavy atom. The monoisotopic (exact) mass is 290 g/mol. The van der Waals surface area contributed by atoms with E-state index in [1.54, 1.807) is 26.0 Å². The van der Waals surface area contributed by atoms with Crippen LogP contribution in [0.2, 0.25) is 0 Å². The zero-order valence-corrected chi connectivity index (χ0v) is 11.8. The molecule has 1 aromatic rings. The zero-order valence-electron chi connectivity index (χ0n) is 10.3. The number of rotatable bonds is 3. The van der Waals surface area contributed by atoms with Crippen molar-refractivity contribution in [1.29, 1.82) is 0 Å². The fourth-order valence-electron chi connectivity index (χ4n) is 2.16. The predicted molar refractivity (Wildman–Crippen MR) is 68.8 cm³/mol. The molecular formula is C12H15ClO4S. The number of hydrogen-bond donors (Lipinski definition) is 0. The molecule has 0 aliphatic carbocycles. The molecule has 100 valence electrons. The van der Waals surface area contributed by atoms with Crippen LogP contribution in [0.1, 0.15) is 17.5 Å². The second-order valence-corrected chi connectivity index (χ2v) is 6.93. The third-order valence-electron chi connectivity index (χ3n) is 2.87. The molecule has 1 unspecified atom stereocenters. The Kier molecular flexibility index (Phi) is 3.84. The van der Waals surface area contributed by atoms with Crippen LogP contribution in [0.15, 0.2) is 17.0 Å². The van der Waals surface area contributed by atoms with Gasteiger partial charge in [-0.2, -0.15) is 0 Å². The van der Waals surface area contributed by atoms with Crippen LogP contribution in [-0.2, 0) is 13.8 Å². The van der Waals surface area contributed by atoms with E-state index >= 15 is 0 Å². The van der Waals surface area contributed by atoms with E-state index in [0.717, 1.165) is 6.42 Å². The Balaban J connectivity index is 2.30. The average Bonchev–Trinajstić information content (AvgIpc) is 2.66. The van der Waals surface area contributed by atoms with Gasteiger partial charge >= 0.3 is 0 Å². The number of ether oxygens (including phenoxy) is 2. The minimum absolute atomic E-state index is 0.0438. The number of aryl methyl sites for hydroxylation is 2. The second-order valence-electron chi connectivity index (χ2n) is 4.43. The van der Waals surface area contributed by atoms with Gasteiger partial charge in [0.05, 0.1) is 18.1 Å². The van der Waals surface area contributed by atoms with Gasteiger partial charge in [-0.1, -0.05) is 0 Å². The molecule has 18 heavy (non-hydrogen) atoms. The lowest BCUT2D eigenvalue weighted by atomic mass is 10.1. The summed E-state index contributed by atoms with van der Waals surface area (Å²) in [5.74, 6) is 0.657. The quantitative estimate of drug-likeness (QED) is 0.802. The molecule has 1 aromatic carbocycles.